The minimum atomic E-state index is 0.166. The molecule has 0 saturated heterocycles. The Hall–Kier alpha value is -2.53. The van der Waals surface area contributed by atoms with Crippen molar-refractivity contribution in [2.45, 2.75) is 25.5 Å². The van der Waals surface area contributed by atoms with E-state index < -0.39 is 0 Å². The van der Waals surface area contributed by atoms with E-state index in [4.69, 9.17) is 4.74 Å². The van der Waals surface area contributed by atoms with Crippen molar-refractivity contribution in [3.63, 3.8) is 0 Å². The van der Waals surface area contributed by atoms with Crippen LogP contribution in [0.4, 0.5) is 0 Å². The maximum absolute atomic E-state index is 5.98. The van der Waals surface area contributed by atoms with Crippen molar-refractivity contribution in [1.82, 2.24) is 15.5 Å². The zero-order valence-corrected chi connectivity index (χ0v) is 15.9. The number of nitrogens with one attached hydrogen (secondary N) is 2. The van der Waals surface area contributed by atoms with Crippen molar-refractivity contribution < 1.29 is 4.74 Å². The zero-order valence-electron chi connectivity index (χ0n) is 15.9. The third-order valence-electron chi connectivity index (χ3n) is 5.36. The van der Waals surface area contributed by atoms with Crippen LogP contribution in [0.2, 0.25) is 0 Å². The van der Waals surface area contributed by atoms with Crippen molar-refractivity contribution in [2.24, 2.45) is 4.99 Å². The van der Waals surface area contributed by atoms with E-state index in [2.05, 4.69) is 56.9 Å². The van der Waals surface area contributed by atoms with E-state index in [9.17, 15) is 0 Å². The van der Waals surface area contributed by atoms with E-state index in [0.29, 0.717) is 0 Å². The minimum absolute atomic E-state index is 0.166. The highest BCUT2D eigenvalue weighted by Gasteiger charge is 2.22. The molecule has 0 spiro atoms. The molecule has 0 saturated carbocycles. The van der Waals surface area contributed by atoms with Crippen LogP contribution >= 0.6 is 0 Å². The highest BCUT2D eigenvalue weighted by molar-refractivity contribution is 5.79. The van der Waals surface area contributed by atoms with Crippen LogP contribution in [-0.4, -0.2) is 50.2 Å². The number of hydrogen-bond acceptors (Lipinski definition) is 3. The normalized spacial score (nSPS) is 19.1. The second-order valence-corrected chi connectivity index (χ2v) is 7.23. The maximum atomic E-state index is 5.98. The van der Waals surface area contributed by atoms with Gasteiger partial charge in [-0.1, -0.05) is 42.5 Å². The smallest absolute Gasteiger partial charge is 0.191 e. The van der Waals surface area contributed by atoms with Gasteiger partial charge in [0, 0.05) is 39.6 Å². The Morgan fingerprint density at radius 1 is 1.07 bits per heavy atom. The Kier molecular flexibility index (Phi) is 5.58. The number of benzene rings is 2. The second kappa shape index (κ2) is 8.44. The lowest BCUT2D eigenvalue weighted by molar-refractivity contribution is 0.234. The van der Waals surface area contributed by atoms with Crippen molar-refractivity contribution >= 4 is 5.96 Å². The van der Waals surface area contributed by atoms with E-state index in [1.165, 1.54) is 16.7 Å². The molecule has 0 amide bonds. The van der Waals surface area contributed by atoms with Crippen molar-refractivity contribution in [1.29, 1.82) is 0 Å². The van der Waals surface area contributed by atoms with Gasteiger partial charge in [0.2, 0.25) is 0 Å². The summed E-state index contributed by atoms with van der Waals surface area (Å²) >= 11 is 0. The van der Waals surface area contributed by atoms with E-state index in [0.717, 1.165) is 57.3 Å². The van der Waals surface area contributed by atoms with Crippen molar-refractivity contribution in [2.75, 3.05) is 33.2 Å². The summed E-state index contributed by atoms with van der Waals surface area (Å²) in [7, 11) is 1.82. The summed E-state index contributed by atoms with van der Waals surface area (Å²) in [6.45, 7) is 4.82. The zero-order chi connectivity index (χ0) is 18.5. The molecule has 2 aliphatic heterocycles. The fourth-order valence-electron chi connectivity index (χ4n) is 3.88. The van der Waals surface area contributed by atoms with Gasteiger partial charge >= 0.3 is 0 Å². The molecule has 1 atom stereocenters. The molecule has 142 valence electrons. The minimum Gasteiger partial charge on any atom is -0.488 e. The number of guanidine groups is 1. The number of rotatable bonds is 5. The summed E-state index contributed by atoms with van der Waals surface area (Å²) in [6.07, 6.45) is 2.26. The summed E-state index contributed by atoms with van der Waals surface area (Å²) in [4.78, 5) is 6.84. The number of aliphatic imine (C=N–C) groups is 1. The first-order valence-electron chi connectivity index (χ1n) is 9.80. The van der Waals surface area contributed by atoms with Crippen molar-refractivity contribution in [3.8, 4) is 5.75 Å². The monoisotopic (exact) mass is 364 g/mol. The van der Waals surface area contributed by atoms with Gasteiger partial charge in [0.1, 0.15) is 11.9 Å². The number of ether oxygens (including phenoxy) is 1. The fourth-order valence-corrected chi connectivity index (χ4v) is 3.88. The number of fused-ring (bicyclic) bond motifs is 2. The van der Waals surface area contributed by atoms with E-state index in [-0.39, 0.29) is 6.10 Å². The number of nitrogens with zero attached hydrogens (tertiary/aromatic N) is 2. The van der Waals surface area contributed by atoms with Gasteiger partial charge in [0.05, 0.1) is 6.54 Å². The summed E-state index contributed by atoms with van der Waals surface area (Å²) in [6, 6.07) is 17.0. The van der Waals surface area contributed by atoms with E-state index in [1.54, 1.807) is 0 Å². The Morgan fingerprint density at radius 3 is 2.67 bits per heavy atom. The molecule has 0 aliphatic carbocycles. The first-order chi connectivity index (χ1) is 13.3. The molecule has 5 heteroatoms. The molecule has 1 unspecified atom stereocenters. The van der Waals surface area contributed by atoms with Gasteiger partial charge < -0.3 is 15.4 Å². The molecule has 5 nitrogen and oxygen atoms in total. The number of hydrogen-bond donors (Lipinski definition) is 2. The number of para-hydroxylation sites is 1. The molecular weight excluding hydrogens is 336 g/mol. The van der Waals surface area contributed by atoms with Gasteiger partial charge in [0.25, 0.3) is 0 Å². The molecule has 2 aliphatic rings. The predicted octanol–water partition coefficient (Wildman–Crippen LogP) is 2.21. The van der Waals surface area contributed by atoms with Crippen LogP contribution in [0, 0.1) is 0 Å². The second-order valence-electron chi connectivity index (χ2n) is 7.23. The van der Waals surface area contributed by atoms with Gasteiger partial charge in [-0.15, -0.1) is 0 Å². The molecular formula is C22H28N4O. The van der Waals surface area contributed by atoms with Crippen LogP contribution < -0.4 is 15.4 Å². The Balaban J connectivity index is 1.18. The third-order valence-corrected chi connectivity index (χ3v) is 5.36. The summed E-state index contributed by atoms with van der Waals surface area (Å²) < 4.78 is 5.98. The quantitative estimate of drug-likeness (QED) is 0.631. The first-order valence-corrected chi connectivity index (χ1v) is 9.80. The Morgan fingerprint density at radius 2 is 1.85 bits per heavy atom. The lowest BCUT2D eigenvalue weighted by Gasteiger charge is -2.29. The largest absolute Gasteiger partial charge is 0.488 e. The van der Waals surface area contributed by atoms with Gasteiger partial charge in [-0.25, -0.2) is 0 Å². The van der Waals surface area contributed by atoms with Crippen LogP contribution in [0.25, 0.3) is 0 Å². The van der Waals surface area contributed by atoms with Crippen LogP contribution in [0.15, 0.2) is 53.5 Å². The average molecular weight is 364 g/mol. The van der Waals surface area contributed by atoms with Gasteiger partial charge in [0.15, 0.2) is 5.96 Å². The van der Waals surface area contributed by atoms with Gasteiger partial charge in [-0.2, -0.15) is 0 Å². The van der Waals surface area contributed by atoms with E-state index >= 15 is 0 Å². The lowest BCUT2D eigenvalue weighted by Crippen LogP contribution is -2.45. The third kappa shape index (κ3) is 4.42. The Labute approximate surface area is 161 Å². The van der Waals surface area contributed by atoms with Crippen molar-refractivity contribution in [3.05, 3.63) is 65.2 Å². The van der Waals surface area contributed by atoms with Crippen LogP contribution in [0.5, 0.6) is 5.75 Å². The van der Waals surface area contributed by atoms with Gasteiger partial charge in [-0.05, 0) is 29.2 Å². The van der Waals surface area contributed by atoms with Crippen LogP contribution in [0.3, 0.4) is 0 Å². The fraction of sp³-hybridized carbons (Fsp3) is 0.409. The highest BCUT2D eigenvalue weighted by atomic mass is 16.5. The topological polar surface area (TPSA) is 48.9 Å². The molecule has 2 heterocycles. The molecule has 27 heavy (non-hydrogen) atoms. The molecule has 4 rings (SSSR count). The molecule has 0 fully saturated rings. The molecule has 0 radical (unpaired) electrons. The summed E-state index contributed by atoms with van der Waals surface area (Å²) in [5, 5.41) is 6.82. The molecule has 0 bridgehead atoms. The lowest BCUT2D eigenvalue weighted by atomic mass is 10.00. The molecule has 0 aromatic heterocycles. The SMILES string of the molecule is CN=C(NCCN1CCc2ccccc2C1)NCC1Cc2ccccc2O1. The summed E-state index contributed by atoms with van der Waals surface area (Å²) in [5.41, 5.74) is 4.25. The van der Waals surface area contributed by atoms with Crippen LogP contribution in [0.1, 0.15) is 16.7 Å². The standard InChI is InChI=1S/C22H28N4O/c1-23-22(25-15-20-14-18-7-4-5-9-21(18)27-20)24-11-13-26-12-10-17-6-2-3-8-19(17)16-26/h2-9,20H,10-16H2,1H3,(H2,23,24,25). The molecule has 2 aromatic rings. The van der Waals surface area contributed by atoms with Gasteiger partial charge in [-0.3, -0.25) is 9.89 Å². The summed E-state index contributed by atoms with van der Waals surface area (Å²) in [5.74, 6) is 1.85. The van der Waals surface area contributed by atoms with Crippen LogP contribution in [-0.2, 0) is 19.4 Å². The van der Waals surface area contributed by atoms with E-state index in [1.807, 2.05) is 19.2 Å². The average Bonchev–Trinajstić information content (AvgIpc) is 3.13. The molecule has 2 aromatic carbocycles. The highest BCUT2D eigenvalue weighted by Crippen LogP contribution is 2.27. The predicted molar refractivity (Wildman–Crippen MR) is 109 cm³/mol. The first kappa shape index (κ1) is 17.9. The molecule has 2 N–H and O–H groups in total. The Bertz CT molecular complexity index is 779. The maximum Gasteiger partial charge on any atom is 0.191 e.